The molecule has 16 heavy (non-hydrogen) atoms. The molecule has 1 aromatic heterocycles. The van der Waals surface area contributed by atoms with Crippen molar-refractivity contribution in [1.29, 1.82) is 0 Å². The fourth-order valence-corrected chi connectivity index (χ4v) is 0.589. The van der Waals surface area contributed by atoms with Crippen molar-refractivity contribution < 1.29 is 0 Å². The largest absolute Gasteiger partial charge is 0.261 e. The van der Waals surface area contributed by atoms with E-state index in [1.54, 1.807) is 12.4 Å². The Morgan fingerprint density at radius 1 is 0.625 bits per heavy atom. The summed E-state index contributed by atoms with van der Waals surface area (Å²) in [6.07, 6.45) is 3.49. The zero-order chi connectivity index (χ0) is 14.0. The molecule has 0 saturated carbocycles. The lowest BCUT2D eigenvalue weighted by molar-refractivity contribution is 1.05. The second-order valence-electron chi connectivity index (χ2n) is 1.80. The molecule has 0 spiro atoms. The van der Waals surface area contributed by atoms with Crippen LogP contribution in [0.1, 0.15) is 66.8 Å². The van der Waals surface area contributed by atoms with E-state index < -0.39 is 0 Å². The van der Waals surface area contributed by atoms with Crippen LogP contribution in [0.3, 0.4) is 0 Å². The molecule has 0 aliphatic carbocycles. The third-order valence-corrected chi connectivity index (χ3v) is 0.875. The Morgan fingerprint density at radius 2 is 0.875 bits per heavy atom. The van der Waals surface area contributed by atoms with Crippen LogP contribution in [0.15, 0.2) is 12.4 Å². The van der Waals surface area contributed by atoms with Crippen molar-refractivity contribution in [3.05, 3.63) is 23.8 Å². The van der Waals surface area contributed by atoms with E-state index in [4.69, 9.17) is 0 Å². The molecule has 1 rings (SSSR count). The third kappa shape index (κ3) is 23.2. The van der Waals surface area contributed by atoms with Gasteiger partial charge in [0.1, 0.15) is 0 Å². The first-order valence-electron chi connectivity index (χ1n) is 6.54. The predicted molar refractivity (Wildman–Crippen MR) is 76.9 cm³/mol. The van der Waals surface area contributed by atoms with E-state index in [9.17, 15) is 0 Å². The SMILES string of the molecule is CC.CC.CC.CC.Cc1cncc(C)n1. The summed E-state index contributed by atoms with van der Waals surface area (Å²) in [6, 6.07) is 0. The van der Waals surface area contributed by atoms with E-state index in [0.717, 1.165) is 11.4 Å². The maximum Gasteiger partial charge on any atom is 0.0558 e. The average Bonchev–Trinajstić information content (AvgIpc) is 2.39. The minimum Gasteiger partial charge on any atom is -0.261 e. The molecule has 0 fully saturated rings. The molecule has 0 bridgehead atoms. The molecular weight excluding hydrogens is 196 g/mol. The Hall–Kier alpha value is -0.920. The van der Waals surface area contributed by atoms with E-state index >= 15 is 0 Å². The van der Waals surface area contributed by atoms with Gasteiger partial charge in [-0.15, -0.1) is 0 Å². The Bertz CT molecular complexity index is 169. The fourth-order valence-electron chi connectivity index (χ4n) is 0.589. The lowest BCUT2D eigenvalue weighted by Gasteiger charge is -1.89. The van der Waals surface area contributed by atoms with Crippen molar-refractivity contribution in [2.24, 2.45) is 0 Å². The highest BCUT2D eigenvalue weighted by atomic mass is 14.8. The van der Waals surface area contributed by atoms with Gasteiger partial charge in [-0.2, -0.15) is 0 Å². The average molecular weight is 228 g/mol. The highest BCUT2D eigenvalue weighted by Crippen LogP contribution is 1.89. The van der Waals surface area contributed by atoms with Crippen molar-refractivity contribution in [1.82, 2.24) is 9.97 Å². The first kappa shape index (κ1) is 24.4. The van der Waals surface area contributed by atoms with Crippen LogP contribution < -0.4 is 0 Å². The van der Waals surface area contributed by atoms with Crippen molar-refractivity contribution in [2.45, 2.75) is 69.2 Å². The zero-order valence-electron chi connectivity index (χ0n) is 13.0. The summed E-state index contributed by atoms with van der Waals surface area (Å²) in [4.78, 5) is 8.03. The highest BCUT2D eigenvalue weighted by molar-refractivity contribution is 4.98. The van der Waals surface area contributed by atoms with Gasteiger partial charge in [-0.3, -0.25) is 9.97 Å². The molecule has 0 aliphatic rings. The number of hydrogen-bond acceptors (Lipinski definition) is 2. The normalized spacial score (nSPS) is 6.12. The summed E-state index contributed by atoms with van der Waals surface area (Å²) in [5.41, 5.74) is 1.95. The van der Waals surface area contributed by atoms with E-state index in [-0.39, 0.29) is 0 Å². The zero-order valence-corrected chi connectivity index (χ0v) is 13.0. The lowest BCUT2D eigenvalue weighted by atomic mass is 10.4. The first-order valence-corrected chi connectivity index (χ1v) is 6.54. The van der Waals surface area contributed by atoms with E-state index in [1.165, 1.54) is 0 Å². The van der Waals surface area contributed by atoms with E-state index in [0.29, 0.717) is 0 Å². The van der Waals surface area contributed by atoms with Gasteiger partial charge in [0.25, 0.3) is 0 Å². The third-order valence-electron chi connectivity index (χ3n) is 0.875. The molecule has 98 valence electrons. The Morgan fingerprint density at radius 3 is 1.00 bits per heavy atom. The van der Waals surface area contributed by atoms with Crippen LogP contribution in [0.2, 0.25) is 0 Å². The quantitative estimate of drug-likeness (QED) is 0.610. The van der Waals surface area contributed by atoms with Crippen molar-refractivity contribution in [3.63, 3.8) is 0 Å². The van der Waals surface area contributed by atoms with Crippen molar-refractivity contribution in [2.75, 3.05) is 0 Å². The van der Waals surface area contributed by atoms with Crippen LogP contribution in [0.25, 0.3) is 0 Å². The van der Waals surface area contributed by atoms with Gasteiger partial charge < -0.3 is 0 Å². The number of rotatable bonds is 0. The number of hydrogen-bond donors (Lipinski definition) is 0. The lowest BCUT2D eigenvalue weighted by Crippen LogP contribution is -1.85. The van der Waals surface area contributed by atoms with Crippen molar-refractivity contribution >= 4 is 0 Å². The van der Waals surface area contributed by atoms with E-state index in [1.807, 2.05) is 69.2 Å². The molecule has 1 aromatic rings. The molecule has 2 heteroatoms. The maximum atomic E-state index is 4.11. The summed E-state index contributed by atoms with van der Waals surface area (Å²) in [5, 5.41) is 0. The summed E-state index contributed by atoms with van der Waals surface area (Å²) in [5.74, 6) is 0. The van der Waals surface area contributed by atoms with Gasteiger partial charge in [0.2, 0.25) is 0 Å². The second-order valence-corrected chi connectivity index (χ2v) is 1.80. The maximum absolute atomic E-state index is 4.11. The molecule has 0 radical (unpaired) electrons. The minimum absolute atomic E-state index is 0.977. The molecule has 1 heterocycles. The standard InChI is InChI=1S/C6H8N2.4C2H6/c1-5-3-7-4-6(2)8-5;4*1-2/h3-4H,1-2H3;4*1-2H3. The topological polar surface area (TPSA) is 25.8 Å². The minimum atomic E-state index is 0.977. The van der Waals surface area contributed by atoms with Gasteiger partial charge >= 0.3 is 0 Å². The van der Waals surface area contributed by atoms with Gasteiger partial charge in [-0.05, 0) is 13.8 Å². The fraction of sp³-hybridized carbons (Fsp3) is 0.714. The monoisotopic (exact) mass is 228 g/mol. The van der Waals surface area contributed by atoms with Gasteiger partial charge in [0, 0.05) is 12.4 Å². The van der Waals surface area contributed by atoms with Crippen LogP contribution in [0.5, 0.6) is 0 Å². The Labute approximate surface area is 104 Å². The van der Waals surface area contributed by atoms with Crippen LogP contribution in [-0.4, -0.2) is 9.97 Å². The summed E-state index contributed by atoms with van der Waals surface area (Å²) >= 11 is 0. The summed E-state index contributed by atoms with van der Waals surface area (Å²) < 4.78 is 0. The number of aromatic nitrogens is 2. The molecule has 0 atom stereocenters. The van der Waals surface area contributed by atoms with Gasteiger partial charge in [0.15, 0.2) is 0 Å². The Balaban J connectivity index is -0.0000000771. The molecule has 0 aromatic carbocycles. The van der Waals surface area contributed by atoms with Crippen LogP contribution in [0.4, 0.5) is 0 Å². The van der Waals surface area contributed by atoms with Gasteiger partial charge in [-0.1, -0.05) is 55.4 Å². The van der Waals surface area contributed by atoms with Gasteiger partial charge in [-0.25, -0.2) is 0 Å². The molecule has 0 aliphatic heterocycles. The van der Waals surface area contributed by atoms with Crippen LogP contribution >= 0.6 is 0 Å². The second kappa shape index (κ2) is 29.2. The Kier molecular flexibility index (Phi) is 44.5. The first-order chi connectivity index (χ1) is 7.79. The molecule has 0 amide bonds. The summed E-state index contributed by atoms with van der Waals surface area (Å²) in [7, 11) is 0. The van der Waals surface area contributed by atoms with Crippen molar-refractivity contribution in [3.8, 4) is 0 Å². The molecule has 2 nitrogen and oxygen atoms in total. The molecule has 0 N–H and O–H groups in total. The number of aryl methyl sites for hydroxylation is 2. The number of nitrogens with zero attached hydrogens (tertiary/aromatic N) is 2. The van der Waals surface area contributed by atoms with E-state index in [2.05, 4.69) is 9.97 Å². The van der Waals surface area contributed by atoms with Gasteiger partial charge in [0.05, 0.1) is 11.4 Å². The molecular formula is C14H32N2. The molecule has 0 saturated heterocycles. The van der Waals surface area contributed by atoms with Crippen LogP contribution in [0, 0.1) is 13.8 Å². The summed E-state index contributed by atoms with van der Waals surface area (Å²) in [6.45, 7) is 19.9. The predicted octanol–water partition coefficient (Wildman–Crippen LogP) is 5.20. The molecule has 0 unspecified atom stereocenters. The van der Waals surface area contributed by atoms with Crippen LogP contribution in [-0.2, 0) is 0 Å². The highest BCUT2D eigenvalue weighted by Gasteiger charge is 1.83. The smallest absolute Gasteiger partial charge is 0.0558 e.